The summed E-state index contributed by atoms with van der Waals surface area (Å²) in [7, 11) is 0. The minimum Gasteiger partial charge on any atom is -0.282 e. The van der Waals surface area contributed by atoms with Crippen molar-refractivity contribution in [3.05, 3.63) is 53.5 Å². The summed E-state index contributed by atoms with van der Waals surface area (Å²) in [6.45, 7) is 3.99. The lowest BCUT2D eigenvalue weighted by Crippen LogP contribution is -2.07. The highest BCUT2D eigenvalue weighted by Crippen LogP contribution is 2.35. The van der Waals surface area contributed by atoms with Crippen molar-refractivity contribution in [2.24, 2.45) is 0 Å². The third-order valence-electron chi connectivity index (χ3n) is 3.95. The van der Waals surface area contributed by atoms with Crippen LogP contribution in [0.3, 0.4) is 0 Å². The number of halogens is 3. The summed E-state index contributed by atoms with van der Waals surface area (Å²) < 4.78 is 41.0. The standard InChI is InChI=1S/C17H16F3N3/c1-3-12-13-7-6-11(17(18,19)20)10-15(13)23(14(12)4-2)16-21-8-5-9-22-16/h5-10H,3-4H2,1-2H3. The predicted octanol–water partition coefficient (Wildman–Crippen LogP) is 4.56. The summed E-state index contributed by atoms with van der Waals surface area (Å²) in [6.07, 6.45) is 0.238. The maximum absolute atomic E-state index is 13.1. The van der Waals surface area contributed by atoms with Gasteiger partial charge in [0.05, 0.1) is 11.1 Å². The lowest BCUT2D eigenvalue weighted by atomic mass is 10.1. The highest BCUT2D eigenvalue weighted by Gasteiger charge is 2.31. The molecule has 3 aromatic rings. The fourth-order valence-electron chi connectivity index (χ4n) is 2.99. The number of alkyl halides is 3. The molecule has 0 saturated heterocycles. The van der Waals surface area contributed by atoms with Crippen molar-refractivity contribution in [3.8, 4) is 5.95 Å². The molecule has 0 aliphatic carbocycles. The quantitative estimate of drug-likeness (QED) is 0.708. The van der Waals surface area contributed by atoms with E-state index in [0.717, 1.165) is 29.1 Å². The lowest BCUT2D eigenvalue weighted by molar-refractivity contribution is -0.137. The first-order valence-electron chi connectivity index (χ1n) is 7.48. The number of nitrogens with zero attached hydrogens (tertiary/aromatic N) is 3. The fraction of sp³-hybridized carbons (Fsp3) is 0.294. The lowest BCUT2D eigenvalue weighted by Gasteiger charge is -2.10. The zero-order valence-corrected chi connectivity index (χ0v) is 12.9. The molecule has 0 aliphatic heterocycles. The Morgan fingerprint density at radius 2 is 1.74 bits per heavy atom. The van der Waals surface area contributed by atoms with Crippen molar-refractivity contribution in [1.82, 2.24) is 14.5 Å². The molecule has 3 nitrogen and oxygen atoms in total. The van der Waals surface area contributed by atoms with Crippen LogP contribution in [-0.4, -0.2) is 14.5 Å². The van der Waals surface area contributed by atoms with Crippen LogP contribution in [0.5, 0.6) is 0 Å². The van der Waals surface area contributed by atoms with Crippen LogP contribution >= 0.6 is 0 Å². The van der Waals surface area contributed by atoms with Gasteiger partial charge in [-0.15, -0.1) is 0 Å². The number of aromatic nitrogens is 3. The van der Waals surface area contributed by atoms with Crippen molar-refractivity contribution in [2.75, 3.05) is 0 Å². The van der Waals surface area contributed by atoms with Gasteiger partial charge in [-0.05, 0) is 36.6 Å². The minimum atomic E-state index is -4.38. The third kappa shape index (κ3) is 2.58. The number of hydrogen-bond donors (Lipinski definition) is 0. The van der Waals surface area contributed by atoms with Gasteiger partial charge in [0.2, 0.25) is 5.95 Å². The van der Waals surface area contributed by atoms with E-state index >= 15 is 0 Å². The summed E-state index contributed by atoms with van der Waals surface area (Å²) in [4.78, 5) is 8.44. The van der Waals surface area contributed by atoms with Gasteiger partial charge in [-0.3, -0.25) is 4.57 Å². The second kappa shape index (κ2) is 5.68. The number of hydrogen-bond acceptors (Lipinski definition) is 2. The highest BCUT2D eigenvalue weighted by atomic mass is 19.4. The van der Waals surface area contributed by atoms with Gasteiger partial charge in [-0.2, -0.15) is 13.2 Å². The number of rotatable bonds is 3. The Morgan fingerprint density at radius 3 is 2.30 bits per heavy atom. The molecule has 0 N–H and O–H groups in total. The van der Waals surface area contributed by atoms with Crippen LogP contribution in [-0.2, 0) is 19.0 Å². The third-order valence-corrected chi connectivity index (χ3v) is 3.95. The zero-order valence-electron chi connectivity index (χ0n) is 12.9. The van der Waals surface area contributed by atoms with Crippen molar-refractivity contribution in [2.45, 2.75) is 32.9 Å². The molecule has 0 aliphatic rings. The summed E-state index contributed by atoms with van der Waals surface area (Å²) >= 11 is 0. The van der Waals surface area contributed by atoms with Crippen molar-refractivity contribution >= 4 is 10.9 Å². The van der Waals surface area contributed by atoms with Crippen LogP contribution in [0.15, 0.2) is 36.7 Å². The second-order valence-corrected chi connectivity index (χ2v) is 5.25. The Balaban J connectivity index is 2.39. The minimum absolute atomic E-state index is 0.397. The topological polar surface area (TPSA) is 30.7 Å². The normalized spacial score (nSPS) is 12.0. The van der Waals surface area contributed by atoms with E-state index in [1.165, 1.54) is 6.07 Å². The molecule has 0 atom stereocenters. The van der Waals surface area contributed by atoms with Crippen molar-refractivity contribution in [1.29, 1.82) is 0 Å². The average Bonchev–Trinajstić information content (AvgIpc) is 2.87. The van der Waals surface area contributed by atoms with E-state index in [1.807, 2.05) is 13.8 Å². The van der Waals surface area contributed by atoms with Gasteiger partial charge in [0.15, 0.2) is 0 Å². The van der Waals surface area contributed by atoms with Crippen LogP contribution in [0, 0.1) is 0 Å². The number of aryl methyl sites for hydroxylation is 1. The van der Waals surface area contributed by atoms with Crippen molar-refractivity contribution in [3.63, 3.8) is 0 Å². The average molecular weight is 319 g/mol. The van der Waals surface area contributed by atoms with Crippen LogP contribution in [0.4, 0.5) is 13.2 Å². The van der Waals surface area contributed by atoms with Crippen LogP contribution in [0.2, 0.25) is 0 Å². The first kappa shape index (κ1) is 15.5. The highest BCUT2D eigenvalue weighted by molar-refractivity contribution is 5.87. The van der Waals surface area contributed by atoms with E-state index in [0.29, 0.717) is 17.9 Å². The Morgan fingerprint density at radius 1 is 1.04 bits per heavy atom. The summed E-state index contributed by atoms with van der Waals surface area (Å²) in [6, 6.07) is 5.55. The zero-order chi connectivity index (χ0) is 16.6. The molecule has 0 fully saturated rings. The van der Waals surface area contributed by atoms with E-state index in [2.05, 4.69) is 9.97 Å². The molecular weight excluding hydrogens is 303 g/mol. The molecule has 2 heterocycles. The van der Waals surface area contributed by atoms with Gasteiger partial charge < -0.3 is 0 Å². The summed E-state index contributed by atoms with van der Waals surface area (Å²) in [5.74, 6) is 0.397. The first-order chi connectivity index (χ1) is 11.0. The molecule has 2 aromatic heterocycles. The SMILES string of the molecule is CCc1c(CC)n(-c2ncccn2)c2cc(C(F)(F)F)ccc12. The van der Waals surface area contributed by atoms with E-state index in [-0.39, 0.29) is 0 Å². The van der Waals surface area contributed by atoms with E-state index in [9.17, 15) is 13.2 Å². The molecule has 6 heteroatoms. The molecule has 0 radical (unpaired) electrons. The molecular formula is C17H16F3N3. The maximum atomic E-state index is 13.1. The Labute approximate surface area is 131 Å². The van der Waals surface area contributed by atoms with Crippen LogP contribution < -0.4 is 0 Å². The molecule has 120 valence electrons. The summed E-state index contributed by atoms with van der Waals surface area (Å²) in [5.41, 5.74) is 1.83. The van der Waals surface area contributed by atoms with E-state index in [4.69, 9.17) is 0 Å². The maximum Gasteiger partial charge on any atom is 0.416 e. The van der Waals surface area contributed by atoms with Gasteiger partial charge in [-0.25, -0.2) is 9.97 Å². The molecule has 3 rings (SSSR count). The van der Waals surface area contributed by atoms with E-state index < -0.39 is 11.7 Å². The molecule has 0 saturated carbocycles. The van der Waals surface area contributed by atoms with Gasteiger partial charge in [0.1, 0.15) is 0 Å². The van der Waals surface area contributed by atoms with E-state index in [1.54, 1.807) is 29.1 Å². The molecule has 0 spiro atoms. The fourth-order valence-corrected chi connectivity index (χ4v) is 2.99. The Hall–Kier alpha value is -2.37. The Kier molecular flexibility index (Phi) is 3.83. The molecule has 0 bridgehead atoms. The number of benzene rings is 1. The van der Waals surface area contributed by atoms with Gasteiger partial charge in [-0.1, -0.05) is 19.9 Å². The molecule has 0 amide bonds. The van der Waals surface area contributed by atoms with Crippen LogP contribution in [0.25, 0.3) is 16.9 Å². The molecule has 23 heavy (non-hydrogen) atoms. The molecule has 1 aromatic carbocycles. The van der Waals surface area contributed by atoms with Gasteiger partial charge in [0, 0.05) is 23.5 Å². The summed E-state index contributed by atoms with van der Waals surface area (Å²) in [5, 5.41) is 0.824. The van der Waals surface area contributed by atoms with Gasteiger partial charge >= 0.3 is 6.18 Å². The van der Waals surface area contributed by atoms with Crippen LogP contribution in [0.1, 0.15) is 30.7 Å². The van der Waals surface area contributed by atoms with Crippen molar-refractivity contribution < 1.29 is 13.2 Å². The predicted molar refractivity (Wildman–Crippen MR) is 82.6 cm³/mol. The molecule has 0 unspecified atom stereocenters. The number of fused-ring (bicyclic) bond motifs is 1. The Bertz CT molecular complexity index is 836. The smallest absolute Gasteiger partial charge is 0.282 e. The largest absolute Gasteiger partial charge is 0.416 e. The monoisotopic (exact) mass is 319 g/mol. The first-order valence-corrected chi connectivity index (χ1v) is 7.48. The second-order valence-electron chi connectivity index (χ2n) is 5.25. The van der Waals surface area contributed by atoms with Gasteiger partial charge in [0.25, 0.3) is 0 Å².